The first-order chi connectivity index (χ1) is 9.72. The van der Waals surface area contributed by atoms with Gasteiger partial charge in [0.05, 0.1) is 30.8 Å². The molecule has 0 unspecified atom stereocenters. The molecule has 0 aliphatic heterocycles. The fourth-order valence-electron chi connectivity index (χ4n) is 1.88. The Bertz CT molecular complexity index is 580. The van der Waals surface area contributed by atoms with Crippen LogP contribution in [-0.2, 0) is 22.4 Å². The molecule has 0 amide bonds. The summed E-state index contributed by atoms with van der Waals surface area (Å²) in [5.41, 5.74) is 1.85. The number of para-hydroxylation sites is 1. The Morgan fingerprint density at radius 1 is 1.35 bits per heavy atom. The molecule has 1 aromatic heterocycles. The summed E-state index contributed by atoms with van der Waals surface area (Å²) in [6.45, 7) is 2.20. The number of carbonyl (C=O) groups is 1. The summed E-state index contributed by atoms with van der Waals surface area (Å²) in [4.78, 5) is 15.9. The lowest BCUT2D eigenvalue weighted by molar-refractivity contribution is -0.142. The molecule has 106 valence electrons. The Balaban J connectivity index is 2.04. The quantitative estimate of drug-likeness (QED) is 0.768. The maximum atomic E-state index is 11.4. The van der Waals surface area contributed by atoms with Gasteiger partial charge in [0, 0.05) is 17.4 Å². The van der Waals surface area contributed by atoms with Crippen LogP contribution in [0.2, 0.25) is 0 Å². The van der Waals surface area contributed by atoms with Crippen LogP contribution in [-0.4, -0.2) is 24.7 Å². The number of esters is 1. The molecule has 0 atom stereocenters. The molecule has 1 heterocycles. The molecule has 2 aromatic rings. The second kappa shape index (κ2) is 7.05. The lowest BCUT2D eigenvalue weighted by Gasteiger charge is -2.05. The van der Waals surface area contributed by atoms with E-state index in [1.54, 1.807) is 25.4 Å². The van der Waals surface area contributed by atoms with E-state index in [2.05, 4.69) is 4.98 Å². The van der Waals surface area contributed by atoms with Gasteiger partial charge < -0.3 is 9.47 Å². The van der Waals surface area contributed by atoms with Crippen molar-refractivity contribution in [3.05, 3.63) is 45.9 Å². The summed E-state index contributed by atoms with van der Waals surface area (Å²) in [5.74, 6) is 0.622. The van der Waals surface area contributed by atoms with Crippen molar-refractivity contribution in [3.8, 4) is 5.75 Å². The summed E-state index contributed by atoms with van der Waals surface area (Å²) >= 11 is 1.55. The van der Waals surface area contributed by atoms with Gasteiger partial charge in [-0.25, -0.2) is 4.98 Å². The number of carbonyl (C=O) groups excluding carboxylic acids is 1. The van der Waals surface area contributed by atoms with Crippen molar-refractivity contribution in [1.29, 1.82) is 0 Å². The number of thiazole rings is 1. The van der Waals surface area contributed by atoms with Crippen molar-refractivity contribution in [2.75, 3.05) is 13.7 Å². The van der Waals surface area contributed by atoms with Crippen LogP contribution in [0.5, 0.6) is 5.75 Å². The van der Waals surface area contributed by atoms with Crippen molar-refractivity contribution in [3.63, 3.8) is 0 Å². The van der Waals surface area contributed by atoms with E-state index >= 15 is 0 Å². The van der Waals surface area contributed by atoms with Gasteiger partial charge in [0.2, 0.25) is 0 Å². The zero-order valence-corrected chi connectivity index (χ0v) is 12.4. The lowest BCUT2D eigenvalue weighted by Crippen LogP contribution is -2.07. The van der Waals surface area contributed by atoms with Gasteiger partial charge >= 0.3 is 5.97 Å². The van der Waals surface area contributed by atoms with E-state index < -0.39 is 0 Å². The number of rotatable bonds is 6. The summed E-state index contributed by atoms with van der Waals surface area (Å²) in [6.07, 6.45) is 0.938. The maximum Gasteiger partial charge on any atom is 0.311 e. The van der Waals surface area contributed by atoms with Gasteiger partial charge in [0.1, 0.15) is 5.75 Å². The van der Waals surface area contributed by atoms with Crippen LogP contribution in [0, 0.1) is 0 Å². The topological polar surface area (TPSA) is 48.4 Å². The minimum Gasteiger partial charge on any atom is -0.496 e. The van der Waals surface area contributed by atoms with Gasteiger partial charge in [-0.15, -0.1) is 11.3 Å². The molecule has 2 rings (SSSR count). The molecule has 5 heteroatoms. The molecular weight excluding hydrogens is 274 g/mol. The second-order valence-corrected chi connectivity index (χ2v) is 5.15. The summed E-state index contributed by atoms with van der Waals surface area (Å²) in [6, 6.07) is 7.87. The van der Waals surface area contributed by atoms with E-state index in [1.807, 2.05) is 29.6 Å². The second-order valence-electron chi connectivity index (χ2n) is 4.20. The summed E-state index contributed by atoms with van der Waals surface area (Å²) in [7, 11) is 1.66. The van der Waals surface area contributed by atoms with Crippen molar-refractivity contribution >= 4 is 17.3 Å². The molecular formula is C15H17NO3S. The molecule has 0 saturated carbocycles. The number of aromatic nitrogens is 1. The van der Waals surface area contributed by atoms with E-state index in [0.717, 1.165) is 22.0 Å². The molecule has 0 fully saturated rings. The Labute approximate surface area is 122 Å². The molecule has 0 N–H and O–H groups in total. The van der Waals surface area contributed by atoms with Gasteiger partial charge in [-0.1, -0.05) is 18.2 Å². The van der Waals surface area contributed by atoms with Crippen LogP contribution >= 0.6 is 11.3 Å². The minimum atomic E-state index is -0.235. The third-order valence-electron chi connectivity index (χ3n) is 2.76. The highest BCUT2D eigenvalue weighted by atomic mass is 32.1. The Kier molecular flexibility index (Phi) is 5.12. The molecule has 0 aliphatic rings. The lowest BCUT2D eigenvalue weighted by atomic mass is 10.1. The fourth-order valence-corrected chi connectivity index (χ4v) is 2.70. The highest BCUT2D eigenvalue weighted by molar-refractivity contribution is 7.09. The van der Waals surface area contributed by atoms with Gasteiger partial charge in [-0.2, -0.15) is 0 Å². The average molecular weight is 291 g/mol. The SMILES string of the molecule is CCOC(=O)Cc1csc(Cc2ccccc2OC)n1. The fraction of sp³-hybridized carbons (Fsp3) is 0.333. The largest absolute Gasteiger partial charge is 0.496 e. The van der Waals surface area contributed by atoms with Gasteiger partial charge in [0.25, 0.3) is 0 Å². The Hall–Kier alpha value is -1.88. The predicted octanol–water partition coefficient (Wildman–Crippen LogP) is 2.85. The van der Waals surface area contributed by atoms with E-state index in [-0.39, 0.29) is 12.4 Å². The van der Waals surface area contributed by atoms with E-state index in [0.29, 0.717) is 13.0 Å². The monoisotopic (exact) mass is 291 g/mol. The first-order valence-electron chi connectivity index (χ1n) is 6.43. The van der Waals surface area contributed by atoms with Crippen LogP contribution in [0.15, 0.2) is 29.6 Å². The molecule has 1 aromatic carbocycles. The normalized spacial score (nSPS) is 10.3. The molecule has 0 spiro atoms. The smallest absolute Gasteiger partial charge is 0.311 e. The van der Waals surface area contributed by atoms with Crippen LogP contribution in [0.25, 0.3) is 0 Å². The summed E-state index contributed by atoms with van der Waals surface area (Å²) < 4.78 is 10.2. The standard InChI is InChI=1S/C15H17NO3S/c1-3-19-15(17)9-12-10-20-14(16-12)8-11-6-4-5-7-13(11)18-2/h4-7,10H,3,8-9H2,1-2H3. The van der Waals surface area contributed by atoms with Crippen molar-refractivity contribution in [2.45, 2.75) is 19.8 Å². The highest BCUT2D eigenvalue weighted by Crippen LogP contribution is 2.22. The van der Waals surface area contributed by atoms with Crippen LogP contribution in [0.1, 0.15) is 23.2 Å². The zero-order valence-electron chi connectivity index (χ0n) is 11.6. The summed E-state index contributed by atoms with van der Waals surface area (Å²) in [5, 5.41) is 2.87. The number of hydrogen-bond donors (Lipinski definition) is 0. The van der Waals surface area contributed by atoms with Gasteiger partial charge in [-0.3, -0.25) is 4.79 Å². The first-order valence-corrected chi connectivity index (χ1v) is 7.31. The third-order valence-corrected chi connectivity index (χ3v) is 3.66. The molecule has 0 aliphatic carbocycles. The van der Waals surface area contributed by atoms with Crippen molar-refractivity contribution in [1.82, 2.24) is 4.98 Å². The third kappa shape index (κ3) is 3.81. The zero-order chi connectivity index (χ0) is 14.4. The Morgan fingerprint density at radius 2 is 2.15 bits per heavy atom. The Morgan fingerprint density at radius 3 is 2.90 bits per heavy atom. The minimum absolute atomic E-state index is 0.232. The van der Waals surface area contributed by atoms with Crippen molar-refractivity contribution < 1.29 is 14.3 Å². The van der Waals surface area contributed by atoms with Crippen LogP contribution in [0.4, 0.5) is 0 Å². The van der Waals surface area contributed by atoms with Crippen molar-refractivity contribution in [2.24, 2.45) is 0 Å². The molecule has 20 heavy (non-hydrogen) atoms. The molecule has 0 bridgehead atoms. The number of hydrogen-bond acceptors (Lipinski definition) is 5. The molecule has 4 nitrogen and oxygen atoms in total. The van der Waals surface area contributed by atoms with Gasteiger partial charge in [-0.05, 0) is 13.0 Å². The van der Waals surface area contributed by atoms with Crippen LogP contribution in [0.3, 0.4) is 0 Å². The number of benzene rings is 1. The molecule has 0 radical (unpaired) electrons. The highest BCUT2D eigenvalue weighted by Gasteiger charge is 2.10. The predicted molar refractivity (Wildman–Crippen MR) is 78.3 cm³/mol. The number of ether oxygens (including phenoxy) is 2. The molecule has 0 saturated heterocycles. The van der Waals surface area contributed by atoms with Gasteiger partial charge in [0.15, 0.2) is 0 Å². The van der Waals surface area contributed by atoms with Crippen LogP contribution < -0.4 is 4.74 Å². The van der Waals surface area contributed by atoms with E-state index in [9.17, 15) is 4.79 Å². The number of nitrogens with zero attached hydrogens (tertiary/aromatic N) is 1. The maximum absolute atomic E-state index is 11.4. The van der Waals surface area contributed by atoms with E-state index in [4.69, 9.17) is 9.47 Å². The van der Waals surface area contributed by atoms with E-state index in [1.165, 1.54) is 0 Å². The average Bonchev–Trinajstić information content (AvgIpc) is 2.87. The number of methoxy groups -OCH3 is 1. The first kappa shape index (κ1) is 14.5.